The summed E-state index contributed by atoms with van der Waals surface area (Å²) in [5.41, 5.74) is 0. The van der Waals surface area contributed by atoms with Crippen LogP contribution in [0, 0.1) is 0 Å². The molecule has 12 heavy (non-hydrogen) atoms. The number of ether oxygens (including phenoxy) is 1. The van der Waals surface area contributed by atoms with Crippen molar-refractivity contribution in [3.05, 3.63) is 0 Å². The molecule has 1 heterocycles. The van der Waals surface area contributed by atoms with Gasteiger partial charge in [0.1, 0.15) is 5.25 Å². The van der Waals surface area contributed by atoms with Crippen LogP contribution in [-0.2, 0) is 9.53 Å². The average molecular weight is 206 g/mol. The van der Waals surface area contributed by atoms with E-state index in [0.29, 0.717) is 0 Å². The van der Waals surface area contributed by atoms with Gasteiger partial charge in [-0.1, -0.05) is 0 Å². The van der Waals surface area contributed by atoms with Crippen molar-refractivity contribution in [3.63, 3.8) is 0 Å². The molecule has 1 saturated heterocycles. The molecule has 0 aliphatic carbocycles. The highest BCUT2D eigenvalue weighted by molar-refractivity contribution is 8.02. The van der Waals surface area contributed by atoms with Crippen molar-refractivity contribution in [1.29, 1.82) is 0 Å². The van der Waals surface area contributed by atoms with E-state index in [4.69, 9.17) is 4.74 Å². The van der Waals surface area contributed by atoms with Gasteiger partial charge in [0.05, 0.1) is 0 Å². The number of esters is 1. The van der Waals surface area contributed by atoms with Crippen molar-refractivity contribution in [2.75, 3.05) is 12.0 Å². The molecule has 1 rings (SSSR count). The van der Waals surface area contributed by atoms with E-state index in [-0.39, 0.29) is 16.2 Å². The number of rotatable bonds is 3. The standard InChI is InChI=1S/C8H14O2S2/c1-6-7(9)10-8(2,12-6)4-5-11-3/h6H,4-5H2,1-3H3. The van der Waals surface area contributed by atoms with E-state index in [9.17, 15) is 4.79 Å². The van der Waals surface area contributed by atoms with Gasteiger partial charge in [0.2, 0.25) is 0 Å². The Morgan fingerprint density at radius 2 is 2.42 bits per heavy atom. The summed E-state index contributed by atoms with van der Waals surface area (Å²) in [7, 11) is 0. The third-order valence-corrected chi connectivity index (χ3v) is 3.78. The topological polar surface area (TPSA) is 26.3 Å². The second-order valence-corrected chi connectivity index (χ2v) is 5.85. The second-order valence-electron chi connectivity index (χ2n) is 3.06. The van der Waals surface area contributed by atoms with Crippen LogP contribution in [0.1, 0.15) is 20.3 Å². The first kappa shape index (κ1) is 10.3. The van der Waals surface area contributed by atoms with Crippen LogP contribution in [0.15, 0.2) is 0 Å². The Morgan fingerprint density at radius 3 is 2.83 bits per heavy atom. The zero-order valence-corrected chi connectivity index (χ0v) is 9.26. The van der Waals surface area contributed by atoms with Crippen LogP contribution >= 0.6 is 23.5 Å². The maximum absolute atomic E-state index is 11.1. The summed E-state index contributed by atoms with van der Waals surface area (Å²) >= 11 is 3.42. The number of carbonyl (C=O) groups is 1. The molecule has 0 N–H and O–H groups in total. The molecule has 1 aliphatic rings. The molecule has 4 heteroatoms. The van der Waals surface area contributed by atoms with Gasteiger partial charge in [-0.15, -0.1) is 11.8 Å². The Hall–Kier alpha value is 0.170. The number of carbonyl (C=O) groups excluding carboxylic acids is 1. The maximum atomic E-state index is 11.1. The lowest BCUT2D eigenvalue weighted by Crippen LogP contribution is -2.21. The van der Waals surface area contributed by atoms with Crippen LogP contribution in [0.4, 0.5) is 0 Å². The summed E-state index contributed by atoms with van der Waals surface area (Å²) in [4.78, 5) is 10.8. The molecule has 0 spiro atoms. The molecule has 2 atom stereocenters. The fourth-order valence-electron chi connectivity index (χ4n) is 1.14. The van der Waals surface area contributed by atoms with Gasteiger partial charge in [0, 0.05) is 6.42 Å². The first-order valence-corrected chi connectivity index (χ1v) is 6.24. The Bertz CT molecular complexity index is 184. The molecule has 70 valence electrons. The number of hydrogen-bond donors (Lipinski definition) is 0. The minimum absolute atomic E-state index is 0.0110. The van der Waals surface area contributed by atoms with E-state index in [2.05, 4.69) is 6.26 Å². The molecular weight excluding hydrogens is 192 g/mol. The smallest absolute Gasteiger partial charge is 0.320 e. The summed E-state index contributed by atoms with van der Waals surface area (Å²) in [5.74, 6) is 0.979. The fraction of sp³-hybridized carbons (Fsp3) is 0.875. The summed E-state index contributed by atoms with van der Waals surface area (Å²) in [6, 6.07) is 0. The summed E-state index contributed by atoms with van der Waals surface area (Å²) in [5, 5.41) is 0.0110. The van der Waals surface area contributed by atoms with Crippen molar-refractivity contribution in [2.24, 2.45) is 0 Å². The Kier molecular flexibility index (Phi) is 3.35. The van der Waals surface area contributed by atoms with Crippen molar-refractivity contribution in [1.82, 2.24) is 0 Å². The first-order valence-electron chi connectivity index (χ1n) is 3.97. The van der Waals surface area contributed by atoms with Gasteiger partial charge in [-0.3, -0.25) is 4.79 Å². The highest BCUT2D eigenvalue weighted by Gasteiger charge is 2.41. The van der Waals surface area contributed by atoms with E-state index in [0.717, 1.165) is 12.2 Å². The van der Waals surface area contributed by atoms with Gasteiger partial charge in [-0.05, 0) is 25.9 Å². The summed E-state index contributed by atoms with van der Waals surface area (Å²) in [6.45, 7) is 3.90. The maximum Gasteiger partial charge on any atom is 0.320 e. The average Bonchev–Trinajstić information content (AvgIpc) is 2.24. The van der Waals surface area contributed by atoms with Crippen LogP contribution < -0.4 is 0 Å². The van der Waals surface area contributed by atoms with Gasteiger partial charge < -0.3 is 4.74 Å². The molecule has 1 fully saturated rings. The molecule has 0 radical (unpaired) electrons. The predicted octanol–water partition coefficient (Wildman–Crippen LogP) is 2.13. The molecular formula is C8H14O2S2. The lowest BCUT2D eigenvalue weighted by Gasteiger charge is -2.20. The minimum Gasteiger partial charge on any atom is -0.447 e. The zero-order chi connectivity index (χ0) is 9.19. The van der Waals surface area contributed by atoms with E-state index in [1.807, 2.05) is 13.8 Å². The molecule has 2 unspecified atom stereocenters. The molecule has 0 bridgehead atoms. The van der Waals surface area contributed by atoms with E-state index >= 15 is 0 Å². The molecule has 0 aromatic rings. The quantitative estimate of drug-likeness (QED) is 0.661. The van der Waals surface area contributed by atoms with Crippen LogP contribution in [-0.4, -0.2) is 28.2 Å². The number of hydrogen-bond acceptors (Lipinski definition) is 4. The monoisotopic (exact) mass is 206 g/mol. The number of cyclic esters (lactones) is 1. The summed E-state index contributed by atoms with van der Waals surface area (Å²) < 4.78 is 5.27. The van der Waals surface area contributed by atoms with E-state index in [1.54, 1.807) is 23.5 Å². The van der Waals surface area contributed by atoms with Crippen molar-refractivity contribution in [2.45, 2.75) is 30.5 Å². The van der Waals surface area contributed by atoms with Crippen LogP contribution in [0.2, 0.25) is 0 Å². The molecule has 1 aliphatic heterocycles. The third kappa shape index (κ3) is 2.33. The van der Waals surface area contributed by atoms with Crippen molar-refractivity contribution >= 4 is 29.5 Å². The Balaban J connectivity index is 2.46. The lowest BCUT2D eigenvalue weighted by atomic mass is 10.3. The molecule has 0 aromatic heterocycles. The van der Waals surface area contributed by atoms with Crippen molar-refractivity contribution < 1.29 is 9.53 Å². The third-order valence-electron chi connectivity index (χ3n) is 1.83. The first-order chi connectivity index (χ1) is 5.57. The van der Waals surface area contributed by atoms with Crippen LogP contribution in [0.5, 0.6) is 0 Å². The zero-order valence-electron chi connectivity index (χ0n) is 7.62. The normalized spacial score (nSPS) is 35.2. The summed E-state index contributed by atoms with van der Waals surface area (Å²) in [6.07, 6.45) is 3.00. The van der Waals surface area contributed by atoms with Gasteiger partial charge in [-0.2, -0.15) is 11.8 Å². The Labute approximate surface area is 81.8 Å². The fourth-order valence-corrected chi connectivity index (χ4v) is 3.10. The van der Waals surface area contributed by atoms with Crippen LogP contribution in [0.25, 0.3) is 0 Å². The molecule has 0 amide bonds. The van der Waals surface area contributed by atoms with E-state index < -0.39 is 0 Å². The van der Waals surface area contributed by atoms with Gasteiger partial charge in [0.25, 0.3) is 0 Å². The van der Waals surface area contributed by atoms with Crippen molar-refractivity contribution in [3.8, 4) is 0 Å². The second kappa shape index (κ2) is 3.92. The van der Waals surface area contributed by atoms with Crippen LogP contribution in [0.3, 0.4) is 0 Å². The van der Waals surface area contributed by atoms with Gasteiger partial charge in [-0.25, -0.2) is 0 Å². The van der Waals surface area contributed by atoms with Gasteiger partial charge in [0.15, 0.2) is 4.93 Å². The largest absolute Gasteiger partial charge is 0.447 e. The minimum atomic E-state index is -0.264. The van der Waals surface area contributed by atoms with E-state index in [1.165, 1.54) is 0 Å². The highest BCUT2D eigenvalue weighted by atomic mass is 32.2. The lowest BCUT2D eigenvalue weighted by molar-refractivity contribution is -0.146. The molecule has 2 nitrogen and oxygen atoms in total. The van der Waals surface area contributed by atoms with Gasteiger partial charge >= 0.3 is 5.97 Å². The Morgan fingerprint density at radius 1 is 1.75 bits per heavy atom. The highest BCUT2D eigenvalue weighted by Crippen LogP contribution is 2.41. The molecule has 0 saturated carbocycles. The SMILES string of the molecule is CSCCC1(C)OC(=O)C(C)S1. The molecule has 0 aromatic carbocycles. The number of thioether (sulfide) groups is 2. The predicted molar refractivity (Wildman–Crippen MR) is 54.5 cm³/mol.